The molecular formula is C16H15FN4O2S. The van der Waals surface area contributed by atoms with Gasteiger partial charge in [0.15, 0.2) is 5.82 Å². The van der Waals surface area contributed by atoms with Gasteiger partial charge in [0.25, 0.3) is 5.91 Å². The summed E-state index contributed by atoms with van der Waals surface area (Å²) in [6, 6.07) is 9.66. The van der Waals surface area contributed by atoms with E-state index < -0.39 is 11.7 Å². The summed E-state index contributed by atoms with van der Waals surface area (Å²) in [6.07, 6.45) is 0. The lowest BCUT2D eigenvalue weighted by Gasteiger charge is -2.12. The minimum atomic E-state index is -0.406. The zero-order chi connectivity index (χ0) is 17.1. The molecule has 0 atom stereocenters. The first-order valence-electron chi connectivity index (χ1n) is 7.23. The van der Waals surface area contributed by atoms with Crippen molar-refractivity contribution >= 4 is 17.2 Å². The number of likely N-dealkylation sites (N-methyl/N-ethyl adjacent to an activating group) is 1. The first kappa shape index (κ1) is 16.3. The molecule has 1 N–H and O–H groups in total. The molecule has 0 unspecified atom stereocenters. The number of carbonyl (C=O) groups excluding carboxylic acids is 1. The van der Waals surface area contributed by atoms with E-state index in [1.54, 1.807) is 19.2 Å². The summed E-state index contributed by atoms with van der Waals surface area (Å²) < 4.78 is 15.0. The van der Waals surface area contributed by atoms with Crippen LogP contribution in [0.3, 0.4) is 0 Å². The number of hydrogen-bond acceptors (Lipinski definition) is 5. The Hall–Kier alpha value is -2.58. The van der Waals surface area contributed by atoms with E-state index in [1.807, 2.05) is 17.5 Å². The van der Waals surface area contributed by atoms with Crippen LogP contribution >= 0.6 is 11.3 Å². The molecule has 124 valence electrons. The van der Waals surface area contributed by atoms with Crippen molar-refractivity contribution in [1.29, 1.82) is 0 Å². The van der Waals surface area contributed by atoms with Gasteiger partial charge in [-0.2, -0.15) is 0 Å². The highest BCUT2D eigenvalue weighted by molar-refractivity contribution is 7.13. The Morgan fingerprint density at radius 3 is 2.88 bits per heavy atom. The van der Waals surface area contributed by atoms with Crippen molar-refractivity contribution in [2.24, 2.45) is 0 Å². The van der Waals surface area contributed by atoms with Gasteiger partial charge in [-0.1, -0.05) is 12.1 Å². The van der Waals surface area contributed by atoms with E-state index in [-0.39, 0.29) is 19.0 Å². The molecule has 0 aliphatic heterocycles. The molecule has 1 aromatic carbocycles. The molecule has 0 saturated carbocycles. The van der Waals surface area contributed by atoms with Crippen LogP contribution in [0.2, 0.25) is 0 Å². The number of aromatic nitrogens is 3. The van der Waals surface area contributed by atoms with Gasteiger partial charge in [0.2, 0.25) is 5.82 Å². The van der Waals surface area contributed by atoms with Crippen molar-refractivity contribution in [1.82, 2.24) is 19.7 Å². The molecule has 3 rings (SSSR count). The predicted molar refractivity (Wildman–Crippen MR) is 88.7 cm³/mol. The lowest BCUT2D eigenvalue weighted by atomic mass is 10.3. The number of benzene rings is 1. The monoisotopic (exact) mass is 346 g/mol. The van der Waals surface area contributed by atoms with Crippen molar-refractivity contribution in [3.05, 3.63) is 53.4 Å². The summed E-state index contributed by atoms with van der Waals surface area (Å²) in [5, 5.41) is 15.1. The summed E-state index contributed by atoms with van der Waals surface area (Å²) in [5.41, 5.74) is 0.481. The molecule has 0 fully saturated rings. The van der Waals surface area contributed by atoms with Crippen molar-refractivity contribution < 1.29 is 14.3 Å². The summed E-state index contributed by atoms with van der Waals surface area (Å²) in [5.74, 6) is -0.336. The molecule has 24 heavy (non-hydrogen) atoms. The molecular weight excluding hydrogens is 331 g/mol. The lowest BCUT2D eigenvalue weighted by Crippen LogP contribution is -2.30. The molecule has 2 heterocycles. The van der Waals surface area contributed by atoms with Crippen LogP contribution < -0.4 is 0 Å². The first-order chi connectivity index (χ1) is 11.6. The van der Waals surface area contributed by atoms with Gasteiger partial charge in [0.05, 0.1) is 17.2 Å². The summed E-state index contributed by atoms with van der Waals surface area (Å²) in [6.45, 7) is 0.0340. The Morgan fingerprint density at radius 2 is 2.21 bits per heavy atom. The highest BCUT2D eigenvalue weighted by Crippen LogP contribution is 2.26. The molecule has 1 amide bonds. The van der Waals surface area contributed by atoms with E-state index in [2.05, 4.69) is 10.1 Å². The van der Waals surface area contributed by atoms with Crippen LogP contribution in [0, 0.1) is 5.82 Å². The number of halogens is 1. The second-order valence-corrected chi connectivity index (χ2v) is 6.03. The van der Waals surface area contributed by atoms with E-state index in [0.717, 1.165) is 4.88 Å². The maximum absolute atomic E-state index is 13.6. The second-order valence-electron chi connectivity index (χ2n) is 5.08. The van der Waals surface area contributed by atoms with Crippen LogP contribution in [-0.4, -0.2) is 50.9 Å². The van der Waals surface area contributed by atoms with Crippen molar-refractivity contribution in [3.63, 3.8) is 0 Å². The van der Waals surface area contributed by atoms with Gasteiger partial charge in [-0.05, 0) is 29.6 Å². The van der Waals surface area contributed by atoms with Crippen LogP contribution in [-0.2, 0) is 0 Å². The average molecular weight is 346 g/mol. The standard InChI is InChI=1S/C16H15FN4O2S/c1-20(7-8-22)16(23)14-18-15(13-6-3-9-24-13)21(19-14)12-5-2-4-11(17)10-12/h2-6,9-10,22H,7-8H2,1H3. The Morgan fingerprint density at radius 1 is 1.38 bits per heavy atom. The predicted octanol–water partition coefficient (Wildman–Crippen LogP) is 2.20. The third-order valence-corrected chi connectivity index (χ3v) is 4.24. The van der Waals surface area contributed by atoms with E-state index in [9.17, 15) is 9.18 Å². The number of aliphatic hydroxyl groups excluding tert-OH is 1. The fraction of sp³-hybridized carbons (Fsp3) is 0.188. The third kappa shape index (κ3) is 3.19. The SMILES string of the molecule is CN(CCO)C(=O)c1nc(-c2cccs2)n(-c2cccc(F)c2)n1. The van der Waals surface area contributed by atoms with Crippen molar-refractivity contribution in [2.75, 3.05) is 20.2 Å². The maximum Gasteiger partial charge on any atom is 0.293 e. The Kier molecular flexibility index (Phi) is 4.68. The smallest absolute Gasteiger partial charge is 0.293 e. The first-order valence-corrected chi connectivity index (χ1v) is 8.11. The maximum atomic E-state index is 13.6. The van der Waals surface area contributed by atoms with Crippen LogP contribution in [0.1, 0.15) is 10.6 Å². The van der Waals surface area contributed by atoms with E-state index in [0.29, 0.717) is 11.5 Å². The quantitative estimate of drug-likeness (QED) is 0.769. The molecule has 0 aliphatic rings. The fourth-order valence-corrected chi connectivity index (χ4v) is 2.88. The van der Waals surface area contributed by atoms with Crippen LogP contribution in [0.25, 0.3) is 16.4 Å². The largest absolute Gasteiger partial charge is 0.395 e. The molecule has 0 saturated heterocycles. The van der Waals surface area contributed by atoms with Gasteiger partial charge in [0, 0.05) is 13.6 Å². The Balaban J connectivity index is 2.08. The van der Waals surface area contributed by atoms with E-state index in [4.69, 9.17) is 5.11 Å². The topological polar surface area (TPSA) is 71.2 Å². The van der Waals surface area contributed by atoms with Crippen LogP contribution in [0.5, 0.6) is 0 Å². The summed E-state index contributed by atoms with van der Waals surface area (Å²) >= 11 is 1.45. The minimum absolute atomic E-state index is 0.00129. The van der Waals surface area contributed by atoms with Gasteiger partial charge >= 0.3 is 0 Å². The normalized spacial score (nSPS) is 10.8. The summed E-state index contributed by atoms with van der Waals surface area (Å²) in [7, 11) is 1.56. The Labute approximate surface area is 141 Å². The van der Waals surface area contributed by atoms with Gasteiger partial charge in [0.1, 0.15) is 5.82 Å². The number of carbonyl (C=O) groups is 1. The minimum Gasteiger partial charge on any atom is -0.395 e. The molecule has 0 radical (unpaired) electrons. The number of nitrogens with zero attached hydrogens (tertiary/aromatic N) is 4. The highest BCUT2D eigenvalue weighted by atomic mass is 32.1. The molecule has 8 heteroatoms. The molecule has 0 spiro atoms. The van der Waals surface area contributed by atoms with E-state index >= 15 is 0 Å². The Bertz CT molecular complexity index is 848. The van der Waals surface area contributed by atoms with Gasteiger partial charge in [-0.25, -0.2) is 14.1 Å². The fourth-order valence-electron chi connectivity index (χ4n) is 2.18. The second kappa shape index (κ2) is 6.90. The van der Waals surface area contributed by atoms with Gasteiger partial charge in [-0.15, -0.1) is 16.4 Å². The molecule has 2 aromatic heterocycles. The van der Waals surface area contributed by atoms with Crippen LogP contribution in [0.15, 0.2) is 41.8 Å². The molecule has 0 bridgehead atoms. The van der Waals surface area contributed by atoms with Crippen molar-refractivity contribution in [2.45, 2.75) is 0 Å². The highest BCUT2D eigenvalue weighted by Gasteiger charge is 2.21. The van der Waals surface area contributed by atoms with Crippen molar-refractivity contribution in [3.8, 4) is 16.4 Å². The average Bonchev–Trinajstić information content (AvgIpc) is 3.23. The number of hydrogen-bond donors (Lipinski definition) is 1. The van der Waals surface area contributed by atoms with Gasteiger partial charge in [-0.3, -0.25) is 4.79 Å². The number of amides is 1. The number of aliphatic hydroxyl groups is 1. The molecule has 3 aromatic rings. The third-order valence-electron chi connectivity index (χ3n) is 3.37. The lowest BCUT2D eigenvalue weighted by molar-refractivity contribution is 0.0755. The van der Waals surface area contributed by atoms with Crippen LogP contribution in [0.4, 0.5) is 4.39 Å². The molecule has 0 aliphatic carbocycles. The van der Waals surface area contributed by atoms with Gasteiger partial charge < -0.3 is 10.0 Å². The number of rotatable bonds is 5. The molecule has 6 nitrogen and oxygen atoms in total. The summed E-state index contributed by atoms with van der Waals surface area (Å²) in [4.78, 5) is 18.9. The number of thiophene rings is 1. The van der Waals surface area contributed by atoms with E-state index in [1.165, 1.54) is 33.1 Å². The zero-order valence-corrected chi connectivity index (χ0v) is 13.7. The zero-order valence-electron chi connectivity index (χ0n) is 12.9.